The zero-order valence-electron chi connectivity index (χ0n) is 10.2. The Balaban J connectivity index is 2.39. The predicted molar refractivity (Wildman–Crippen MR) is 65.9 cm³/mol. The fourth-order valence-corrected chi connectivity index (χ4v) is 4.25. The molecule has 0 aromatic rings. The largest absolute Gasteiger partial charge is 0.325 e. The van der Waals surface area contributed by atoms with Gasteiger partial charge in [0.2, 0.25) is 7.37 Å². The van der Waals surface area contributed by atoms with Crippen molar-refractivity contribution in [3.63, 3.8) is 0 Å². The molecule has 0 bridgehead atoms. The minimum atomic E-state index is -2.29. The quantitative estimate of drug-likeness (QED) is 0.633. The van der Waals surface area contributed by atoms with Crippen LogP contribution in [-0.4, -0.2) is 18.4 Å². The number of hydrogen-bond donors (Lipinski definition) is 0. The van der Waals surface area contributed by atoms with Crippen molar-refractivity contribution in [2.24, 2.45) is 0 Å². The monoisotopic (exact) mass is 232 g/mol. The molecular weight excluding hydrogens is 207 g/mol. The molecule has 3 heteroatoms. The van der Waals surface area contributed by atoms with Crippen LogP contribution in [0.3, 0.4) is 0 Å². The SMILES string of the molecule is CCCCP(=O)(CC)OC1CCCCC1. The van der Waals surface area contributed by atoms with E-state index in [1.165, 1.54) is 19.3 Å². The van der Waals surface area contributed by atoms with Gasteiger partial charge in [0, 0.05) is 12.3 Å². The molecular formula is C12H25O2P. The van der Waals surface area contributed by atoms with E-state index < -0.39 is 7.37 Å². The van der Waals surface area contributed by atoms with Crippen molar-refractivity contribution in [1.82, 2.24) is 0 Å². The zero-order valence-corrected chi connectivity index (χ0v) is 11.1. The first-order chi connectivity index (χ1) is 7.20. The average Bonchev–Trinajstić information content (AvgIpc) is 2.28. The van der Waals surface area contributed by atoms with Gasteiger partial charge in [-0.25, -0.2) is 0 Å². The Bertz CT molecular complexity index is 210. The van der Waals surface area contributed by atoms with Crippen LogP contribution in [0.1, 0.15) is 58.8 Å². The Kier molecular flexibility index (Phi) is 5.92. The lowest BCUT2D eigenvalue weighted by Gasteiger charge is -2.27. The summed E-state index contributed by atoms with van der Waals surface area (Å²) in [6.07, 6.45) is 10.0. The minimum Gasteiger partial charge on any atom is -0.325 e. The van der Waals surface area contributed by atoms with Gasteiger partial charge in [-0.15, -0.1) is 0 Å². The normalized spacial score (nSPS) is 22.5. The lowest BCUT2D eigenvalue weighted by atomic mass is 9.98. The third-order valence-electron chi connectivity index (χ3n) is 3.23. The van der Waals surface area contributed by atoms with Gasteiger partial charge in [0.1, 0.15) is 0 Å². The summed E-state index contributed by atoms with van der Waals surface area (Å²) < 4.78 is 18.3. The second kappa shape index (κ2) is 6.70. The second-order valence-electron chi connectivity index (χ2n) is 4.57. The molecule has 1 unspecified atom stereocenters. The molecule has 1 rings (SSSR count). The Morgan fingerprint density at radius 2 is 1.87 bits per heavy atom. The molecule has 2 nitrogen and oxygen atoms in total. The average molecular weight is 232 g/mol. The van der Waals surface area contributed by atoms with E-state index in [1.807, 2.05) is 6.92 Å². The molecule has 0 amide bonds. The fraction of sp³-hybridized carbons (Fsp3) is 1.00. The minimum absolute atomic E-state index is 0.293. The Morgan fingerprint density at radius 3 is 2.40 bits per heavy atom. The highest BCUT2D eigenvalue weighted by Crippen LogP contribution is 2.50. The van der Waals surface area contributed by atoms with Crippen molar-refractivity contribution in [3.05, 3.63) is 0 Å². The van der Waals surface area contributed by atoms with Crippen LogP contribution in [0.15, 0.2) is 0 Å². The van der Waals surface area contributed by atoms with Crippen LogP contribution in [0.2, 0.25) is 0 Å². The Hall–Kier alpha value is 0.190. The van der Waals surface area contributed by atoms with Crippen LogP contribution in [0.25, 0.3) is 0 Å². The first kappa shape index (κ1) is 13.3. The van der Waals surface area contributed by atoms with Crippen LogP contribution < -0.4 is 0 Å². The molecule has 1 aliphatic rings. The van der Waals surface area contributed by atoms with Crippen LogP contribution in [0.5, 0.6) is 0 Å². The van der Waals surface area contributed by atoms with Gasteiger partial charge in [-0.3, -0.25) is 4.57 Å². The van der Waals surface area contributed by atoms with Crippen molar-refractivity contribution in [2.75, 3.05) is 12.3 Å². The summed E-state index contributed by atoms with van der Waals surface area (Å²) in [5.41, 5.74) is 0. The maximum Gasteiger partial charge on any atom is 0.203 e. The Labute approximate surface area is 94.2 Å². The zero-order chi connectivity index (χ0) is 11.1. The summed E-state index contributed by atoms with van der Waals surface area (Å²) in [5, 5.41) is 0. The standard InChI is InChI=1S/C12H25O2P/c1-3-5-11-15(13,4-2)14-12-9-7-6-8-10-12/h12H,3-11H2,1-2H3. The van der Waals surface area contributed by atoms with E-state index in [0.717, 1.165) is 31.8 Å². The molecule has 0 saturated heterocycles. The summed E-state index contributed by atoms with van der Waals surface area (Å²) in [6.45, 7) is 4.14. The first-order valence-electron chi connectivity index (χ1n) is 6.46. The van der Waals surface area contributed by atoms with Crippen LogP contribution in [0, 0.1) is 0 Å². The van der Waals surface area contributed by atoms with Gasteiger partial charge >= 0.3 is 0 Å². The number of rotatable bonds is 6. The maximum atomic E-state index is 12.4. The smallest absolute Gasteiger partial charge is 0.203 e. The second-order valence-corrected chi connectivity index (χ2v) is 7.49. The van der Waals surface area contributed by atoms with E-state index >= 15 is 0 Å². The fourth-order valence-electron chi connectivity index (χ4n) is 2.13. The van der Waals surface area contributed by atoms with Crippen molar-refractivity contribution < 1.29 is 9.09 Å². The van der Waals surface area contributed by atoms with E-state index in [0.29, 0.717) is 12.3 Å². The summed E-state index contributed by atoms with van der Waals surface area (Å²) >= 11 is 0. The number of unbranched alkanes of at least 4 members (excludes halogenated alkanes) is 1. The molecule has 0 aromatic carbocycles. The first-order valence-corrected chi connectivity index (χ1v) is 8.46. The summed E-state index contributed by atoms with van der Waals surface area (Å²) in [4.78, 5) is 0. The van der Waals surface area contributed by atoms with E-state index in [4.69, 9.17) is 4.52 Å². The molecule has 1 aliphatic carbocycles. The van der Waals surface area contributed by atoms with Crippen LogP contribution in [0.4, 0.5) is 0 Å². The van der Waals surface area contributed by atoms with Crippen LogP contribution >= 0.6 is 7.37 Å². The summed E-state index contributed by atoms with van der Waals surface area (Å²) in [5.74, 6) is 0. The lowest BCUT2D eigenvalue weighted by Crippen LogP contribution is -2.16. The molecule has 1 saturated carbocycles. The topological polar surface area (TPSA) is 26.3 Å². The molecule has 0 heterocycles. The molecule has 0 N–H and O–H groups in total. The van der Waals surface area contributed by atoms with E-state index in [-0.39, 0.29) is 0 Å². The van der Waals surface area contributed by atoms with Gasteiger partial charge in [0.15, 0.2) is 0 Å². The molecule has 90 valence electrons. The summed E-state index contributed by atoms with van der Waals surface area (Å²) in [6, 6.07) is 0. The molecule has 1 fully saturated rings. The highest BCUT2D eigenvalue weighted by atomic mass is 31.2. The van der Waals surface area contributed by atoms with E-state index in [9.17, 15) is 4.57 Å². The van der Waals surface area contributed by atoms with Gasteiger partial charge < -0.3 is 4.52 Å². The molecule has 0 spiro atoms. The molecule has 15 heavy (non-hydrogen) atoms. The van der Waals surface area contributed by atoms with Crippen molar-refractivity contribution >= 4 is 7.37 Å². The highest BCUT2D eigenvalue weighted by Gasteiger charge is 2.25. The third kappa shape index (κ3) is 4.70. The van der Waals surface area contributed by atoms with E-state index in [2.05, 4.69) is 6.92 Å². The lowest BCUT2D eigenvalue weighted by molar-refractivity contribution is 0.158. The van der Waals surface area contributed by atoms with Crippen molar-refractivity contribution in [2.45, 2.75) is 64.9 Å². The van der Waals surface area contributed by atoms with E-state index in [1.54, 1.807) is 0 Å². The maximum absolute atomic E-state index is 12.4. The van der Waals surface area contributed by atoms with Gasteiger partial charge in [-0.05, 0) is 19.3 Å². The van der Waals surface area contributed by atoms with Gasteiger partial charge in [0.25, 0.3) is 0 Å². The predicted octanol–water partition coefficient (Wildman–Crippen LogP) is 4.43. The van der Waals surface area contributed by atoms with Gasteiger partial charge in [-0.2, -0.15) is 0 Å². The molecule has 1 atom stereocenters. The molecule has 0 aromatic heterocycles. The molecule has 0 aliphatic heterocycles. The number of hydrogen-bond acceptors (Lipinski definition) is 2. The highest BCUT2D eigenvalue weighted by molar-refractivity contribution is 7.58. The van der Waals surface area contributed by atoms with Gasteiger partial charge in [-0.1, -0.05) is 39.5 Å². The summed E-state index contributed by atoms with van der Waals surface area (Å²) in [7, 11) is -2.29. The van der Waals surface area contributed by atoms with Crippen LogP contribution in [-0.2, 0) is 9.09 Å². The van der Waals surface area contributed by atoms with Gasteiger partial charge in [0.05, 0.1) is 6.10 Å². The van der Waals surface area contributed by atoms with Crippen molar-refractivity contribution in [1.29, 1.82) is 0 Å². The van der Waals surface area contributed by atoms with Crippen molar-refractivity contribution in [3.8, 4) is 0 Å². The Morgan fingerprint density at radius 1 is 1.20 bits per heavy atom. The third-order valence-corrected chi connectivity index (χ3v) is 5.87. The molecule has 0 radical (unpaired) electrons.